The number of benzene rings is 1. The lowest BCUT2D eigenvalue weighted by Gasteiger charge is -2.25. The average molecular weight is 214 g/mol. The van der Waals surface area contributed by atoms with Crippen LogP contribution in [-0.4, -0.2) is 16.6 Å². The van der Waals surface area contributed by atoms with Gasteiger partial charge in [0, 0.05) is 23.4 Å². The molecule has 16 heavy (non-hydrogen) atoms. The number of aromatic nitrogens is 2. The third-order valence-corrected chi connectivity index (χ3v) is 3.10. The van der Waals surface area contributed by atoms with Crippen molar-refractivity contribution in [3.8, 4) is 5.75 Å². The number of rotatable bonds is 1. The molecule has 3 heteroatoms. The zero-order valence-corrected chi connectivity index (χ0v) is 9.23. The summed E-state index contributed by atoms with van der Waals surface area (Å²) in [7, 11) is 0. The van der Waals surface area contributed by atoms with E-state index in [4.69, 9.17) is 4.74 Å². The van der Waals surface area contributed by atoms with Crippen molar-refractivity contribution in [2.75, 3.05) is 6.61 Å². The summed E-state index contributed by atoms with van der Waals surface area (Å²) in [5.41, 5.74) is 3.72. The van der Waals surface area contributed by atoms with Gasteiger partial charge in [-0.2, -0.15) is 0 Å². The van der Waals surface area contributed by atoms with Gasteiger partial charge in [0.25, 0.3) is 0 Å². The van der Waals surface area contributed by atoms with Crippen LogP contribution in [0.2, 0.25) is 0 Å². The summed E-state index contributed by atoms with van der Waals surface area (Å²) < 4.78 is 5.67. The fourth-order valence-corrected chi connectivity index (χ4v) is 2.29. The summed E-state index contributed by atoms with van der Waals surface area (Å²) in [4.78, 5) is 7.30. The first kappa shape index (κ1) is 9.46. The van der Waals surface area contributed by atoms with Gasteiger partial charge < -0.3 is 9.72 Å². The highest BCUT2D eigenvalue weighted by Crippen LogP contribution is 2.37. The molecule has 1 unspecified atom stereocenters. The number of nitrogens with one attached hydrogen (secondary N) is 1. The van der Waals surface area contributed by atoms with Crippen molar-refractivity contribution in [1.82, 2.24) is 9.97 Å². The smallest absolute Gasteiger partial charge is 0.123 e. The van der Waals surface area contributed by atoms with Crippen LogP contribution in [0.4, 0.5) is 0 Å². The number of H-pyrrole nitrogens is 1. The number of imidazole rings is 1. The molecule has 3 rings (SSSR count). The number of hydrogen-bond donors (Lipinski definition) is 1. The van der Waals surface area contributed by atoms with E-state index in [2.05, 4.69) is 35.1 Å². The van der Waals surface area contributed by atoms with Crippen molar-refractivity contribution in [2.24, 2.45) is 0 Å². The molecule has 0 fully saturated rings. The summed E-state index contributed by atoms with van der Waals surface area (Å²) in [6.07, 6.45) is 4.65. The Morgan fingerprint density at radius 2 is 2.38 bits per heavy atom. The zero-order valence-electron chi connectivity index (χ0n) is 9.23. The predicted molar refractivity (Wildman–Crippen MR) is 61.7 cm³/mol. The van der Waals surface area contributed by atoms with E-state index >= 15 is 0 Å². The SMILES string of the molecule is Cc1ccc2c(c1)C(c1cnc[nH]1)CCO2. The molecule has 0 bridgehead atoms. The number of fused-ring (bicyclic) bond motifs is 1. The van der Waals surface area contributed by atoms with Crippen LogP contribution in [0.15, 0.2) is 30.7 Å². The lowest BCUT2D eigenvalue weighted by molar-refractivity contribution is 0.276. The lowest BCUT2D eigenvalue weighted by Crippen LogP contribution is -2.15. The molecule has 82 valence electrons. The second-order valence-corrected chi connectivity index (χ2v) is 4.24. The maximum Gasteiger partial charge on any atom is 0.123 e. The van der Waals surface area contributed by atoms with Crippen LogP contribution in [0, 0.1) is 6.92 Å². The monoisotopic (exact) mass is 214 g/mol. The standard InChI is InChI=1S/C13H14N2O/c1-9-2-3-13-11(6-9)10(4-5-16-13)12-7-14-8-15-12/h2-3,6-8,10H,4-5H2,1H3,(H,14,15). The van der Waals surface area contributed by atoms with Gasteiger partial charge in [-0.1, -0.05) is 17.7 Å². The molecule has 1 aromatic carbocycles. The fraction of sp³-hybridized carbons (Fsp3) is 0.308. The Balaban J connectivity index is 2.08. The first-order chi connectivity index (χ1) is 7.84. The first-order valence-corrected chi connectivity index (χ1v) is 5.56. The van der Waals surface area contributed by atoms with Crippen molar-refractivity contribution < 1.29 is 4.74 Å². The van der Waals surface area contributed by atoms with Crippen LogP contribution in [0.3, 0.4) is 0 Å². The molecule has 0 saturated carbocycles. The first-order valence-electron chi connectivity index (χ1n) is 5.56. The van der Waals surface area contributed by atoms with Gasteiger partial charge in [0.1, 0.15) is 5.75 Å². The van der Waals surface area contributed by atoms with Crippen molar-refractivity contribution in [3.63, 3.8) is 0 Å². The topological polar surface area (TPSA) is 37.9 Å². The van der Waals surface area contributed by atoms with Crippen LogP contribution in [-0.2, 0) is 0 Å². The molecular weight excluding hydrogens is 200 g/mol. The second-order valence-electron chi connectivity index (χ2n) is 4.24. The molecule has 2 heterocycles. The Morgan fingerprint density at radius 1 is 1.44 bits per heavy atom. The molecular formula is C13H14N2O. The van der Waals surface area contributed by atoms with Gasteiger partial charge in [-0.3, -0.25) is 0 Å². The van der Waals surface area contributed by atoms with Gasteiger partial charge in [0.05, 0.1) is 12.9 Å². The summed E-state index contributed by atoms with van der Waals surface area (Å²) in [5, 5.41) is 0. The number of nitrogens with zero attached hydrogens (tertiary/aromatic N) is 1. The number of hydrogen-bond acceptors (Lipinski definition) is 2. The maximum absolute atomic E-state index is 5.67. The van der Waals surface area contributed by atoms with Crippen LogP contribution in [0.1, 0.15) is 29.2 Å². The minimum Gasteiger partial charge on any atom is -0.493 e. The molecule has 0 aliphatic carbocycles. The molecule has 1 aromatic heterocycles. The number of aryl methyl sites for hydroxylation is 1. The normalized spacial score (nSPS) is 18.9. The molecule has 1 aliphatic rings. The third kappa shape index (κ3) is 1.48. The van der Waals surface area contributed by atoms with Gasteiger partial charge in [-0.25, -0.2) is 4.98 Å². The molecule has 3 nitrogen and oxygen atoms in total. The van der Waals surface area contributed by atoms with Crippen LogP contribution < -0.4 is 4.74 Å². The minimum absolute atomic E-state index is 0.395. The molecule has 1 atom stereocenters. The van der Waals surface area contributed by atoms with Crippen molar-refractivity contribution in [1.29, 1.82) is 0 Å². The number of aromatic amines is 1. The third-order valence-electron chi connectivity index (χ3n) is 3.10. The second kappa shape index (κ2) is 3.67. The van der Waals surface area contributed by atoms with Gasteiger partial charge in [0.2, 0.25) is 0 Å². The van der Waals surface area contributed by atoms with E-state index in [0.29, 0.717) is 5.92 Å². The Kier molecular flexibility index (Phi) is 2.17. The van der Waals surface area contributed by atoms with Crippen LogP contribution in [0.5, 0.6) is 5.75 Å². The highest BCUT2D eigenvalue weighted by Gasteiger charge is 2.23. The highest BCUT2D eigenvalue weighted by molar-refractivity contribution is 5.43. The Hall–Kier alpha value is -1.77. The van der Waals surface area contributed by atoms with Gasteiger partial charge in [0.15, 0.2) is 0 Å². The lowest BCUT2D eigenvalue weighted by atomic mass is 9.90. The molecule has 0 spiro atoms. The Bertz CT molecular complexity index is 491. The molecule has 0 radical (unpaired) electrons. The molecule has 2 aromatic rings. The molecule has 0 amide bonds. The maximum atomic E-state index is 5.67. The molecule has 0 saturated heterocycles. The molecule has 1 N–H and O–H groups in total. The Morgan fingerprint density at radius 3 is 3.19 bits per heavy atom. The number of ether oxygens (including phenoxy) is 1. The van der Waals surface area contributed by atoms with E-state index in [-0.39, 0.29) is 0 Å². The van der Waals surface area contributed by atoms with Crippen molar-refractivity contribution in [3.05, 3.63) is 47.5 Å². The van der Waals surface area contributed by atoms with E-state index in [1.807, 2.05) is 6.20 Å². The summed E-state index contributed by atoms with van der Waals surface area (Å²) in [5.74, 6) is 1.41. The van der Waals surface area contributed by atoms with E-state index in [1.54, 1.807) is 6.33 Å². The van der Waals surface area contributed by atoms with E-state index in [9.17, 15) is 0 Å². The Labute approximate surface area is 94.5 Å². The van der Waals surface area contributed by atoms with Gasteiger partial charge in [-0.15, -0.1) is 0 Å². The van der Waals surface area contributed by atoms with Gasteiger partial charge >= 0.3 is 0 Å². The van der Waals surface area contributed by atoms with Gasteiger partial charge in [-0.05, 0) is 19.4 Å². The quantitative estimate of drug-likeness (QED) is 0.792. The fourth-order valence-electron chi connectivity index (χ4n) is 2.29. The average Bonchev–Trinajstić information content (AvgIpc) is 2.81. The predicted octanol–water partition coefficient (Wildman–Crippen LogP) is 2.63. The van der Waals surface area contributed by atoms with Crippen molar-refractivity contribution in [2.45, 2.75) is 19.3 Å². The highest BCUT2D eigenvalue weighted by atomic mass is 16.5. The summed E-state index contributed by atoms with van der Waals surface area (Å²) >= 11 is 0. The largest absolute Gasteiger partial charge is 0.493 e. The zero-order chi connectivity index (χ0) is 11.0. The summed E-state index contributed by atoms with van der Waals surface area (Å²) in [6.45, 7) is 2.89. The summed E-state index contributed by atoms with van der Waals surface area (Å²) in [6, 6.07) is 6.36. The van der Waals surface area contributed by atoms with Crippen molar-refractivity contribution >= 4 is 0 Å². The van der Waals surface area contributed by atoms with E-state index in [0.717, 1.165) is 18.8 Å². The van der Waals surface area contributed by atoms with E-state index in [1.165, 1.54) is 16.8 Å². The van der Waals surface area contributed by atoms with Crippen LogP contribution >= 0.6 is 0 Å². The minimum atomic E-state index is 0.395. The van der Waals surface area contributed by atoms with Crippen LogP contribution in [0.25, 0.3) is 0 Å². The molecule has 1 aliphatic heterocycles. The van der Waals surface area contributed by atoms with E-state index < -0.39 is 0 Å².